The molecule has 1 aromatic carbocycles. The van der Waals surface area contributed by atoms with Crippen molar-refractivity contribution in [3.05, 3.63) is 24.3 Å². The zero-order chi connectivity index (χ0) is 13.9. The lowest BCUT2D eigenvalue weighted by Crippen LogP contribution is -2.49. The van der Waals surface area contributed by atoms with Crippen LogP contribution in [0.25, 0.3) is 0 Å². The number of nitrogens with one attached hydrogen (secondary N) is 1. The summed E-state index contributed by atoms with van der Waals surface area (Å²) in [5.41, 5.74) is 1.10. The van der Waals surface area contributed by atoms with Crippen LogP contribution in [0.15, 0.2) is 29.2 Å². The van der Waals surface area contributed by atoms with Gasteiger partial charge in [0.25, 0.3) is 0 Å². The van der Waals surface area contributed by atoms with Crippen molar-refractivity contribution in [1.82, 2.24) is 5.32 Å². The maximum Gasteiger partial charge on any atom is 0.178 e. The van der Waals surface area contributed by atoms with Crippen LogP contribution < -0.4 is 10.2 Å². The number of rotatable bonds is 4. The molecule has 0 aliphatic carbocycles. The van der Waals surface area contributed by atoms with E-state index in [0.717, 1.165) is 25.3 Å². The third-order valence-corrected chi connectivity index (χ3v) is 5.34. The number of sulfone groups is 1. The lowest BCUT2D eigenvalue weighted by Gasteiger charge is -2.33. The van der Waals surface area contributed by atoms with Gasteiger partial charge < -0.3 is 10.2 Å². The molecule has 1 saturated heterocycles. The molecule has 1 heterocycles. The highest BCUT2D eigenvalue weighted by Gasteiger charge is 2.17. The zero-order valence-corrected chi connectivity index (χ0v) is 12.4. The van der Waals surface area contributed by atoms with Gasteiger partial charge in [-0.05, 0) is 37.6 Å². The van der Waals surface area contributed by atoms with Crippen molar-refractivity contribution in [2.45, 2.75) is 31.2 Å². The average molecular weight is 282 g/mol. The van der Waals surface area contributed by atoms with Gasteiger partial charge in [0.1, 0.15) is 0 Å². The van der Waals surface area contributed by atoms with Crippen LogP contribution in [0, 0.1) is 0 Å². The summed E-state index contributed by atoms with van der Waals surface area (Å²) in [6, 6.07) is 7.76. The molecule has 1 fully saturated rings. The van der Waals surface area contributed by atoms with Gasteiger partial charge in [-0.15, -0.1) is 0 Å². The minimum absolute atomic E-state index is 0.219. The number of benzene rings is 1. The van der Waals surface area contributed by atoms with Crippen LogP contribution in [0.4, 0.5) is 5.69 Å². The van der Waals surface area contributed by atoms with E-state index in [2.05, 4.69) is 17.1 Å². The summed E-state index contributed by atoms with van der Waals surface area (Å²) in [4.78, 5) is 2.72. The maximum atomic E-state index is 11.9. The quantitative estimate of drug-likeness (QED) is 0.912. The first-order valence-electron chi connectivity index (χ1n) is 6.84. The summed E-state index contributed by atoms with van der Waals surface area (Å²) in [5.74, 6) is 0.219. The first-order chi connectivity index (χ1) is 9.03. The van der Waals surface area contributed by atoms with Gasteiger partial charge in [0.15, 0.2) is 9.84 Å². The van der Waals surface area contributed by atoms with E-state index < -0.39 is 9.84 Å². The van der Waals surface area contributed by atoms with E-state index >= 15 is 0 Å². The van der Waals surface area contributed by atoms with Crippen LogP contribution in [-0.4, -0.2) is 39.8 Å². The lowest BCUT2D eigenvalue weighted by molar-refractivity contribution is 0.485. The molecule has 106 valence electrons. The van der Waals surface area contributed by atoms with Gasteiger partial charge in [-0.2, -0.15) is 0 Å². The number of piperazine rings is 1. The molecule has 0 unspecified atom stereocenters. The number of hydrogen-bond donors (Lipinski definition) is 1. The fraction of sp³-hybridized carbons (Fsp3) is 0.571. The Morgan fingerprint density at radius 3 is 2.58 bits per heavy atom. The molecule has 0 amide bonds. The molecular formula is C14H22N2O2S. The predicted octanol–water partition coefficient (Wildman–Crippen LogP) is 1.67. The Morgan fingerprint density at radius 1 is 1.32 bits per heavy atom. The second-order valence-corrected chi connectivity index (χ2v) is 7.22. The fourth-order valence-electron chi connectivity index (χ4n) is 2.42. The van der Waals surface area contributed by atoms with Crippen LogP contribution in [0.2, 0.25) is 0 Å². The van der Waals surface area contributed by atoms with Gasteiger partial charge in [-0.25, -0.2) is 8.42 Å². The minimum Gasteiger partial charge on any atom is -0.369 e. The Bertz CT molecular complexity index is 511. The third-order valence-electron chi connectivity index (χ3n) is 3.40. The molecule has 1 N–H and O–H groups in total. The van der Waals surface area contributed by atoms with Gasteiger partial charge in [-0.1, -0.05) is 6.92 Å². The van der Waals surface area contributed by atoms with E-state index in [1.165, 1.54) is 0 Å². The Kier molecular flexibility index (Phi) is 4.47. The molecule has 0 bridgehead atoms. The summed E-state index contributed by atoms with van der Waals surface area (Å²) in [5, 5.41) is 3.40. The molecule has 1 aromatic rings. The second-order valence-electron chi connectivity index (χ2n) is 5.11. The number of nitrogens with zero attached hydrogens (tertiary/aromatic N) is 1. The molecule has 5 heteroatoms. The molecule has 0 saturated carbocycles. The van der Waals surface area contributed by atoms with Crippen LogP contribution >= 0.6 is 0 Å². The molecule has 0 spiro atoms. The zero-order valence-electron chi connectivity index (χ0n) is 11.6. The van der Waals surface area contributed by atoms with E-state index in [4.69, 9.17) is 0 Å². The van der Waals surface area contributed by atoms with Crippen molar-refractivity contribution in [3.8, 4) is 0 Å². The van der Waals surface area contributed by atoms with Crippen molar-refractivity contribution < 1.29 is 8.42 Å². The van der Waals surface area contributed by atoms with Crippen molar-refractivity contribution >= 4 is 15.5 Å². The summed E-state index contributed by atoms with van der Waals surface area (Å²) in [6.07, 6.45) is 0.652. The summed E-state index contributed by atoms with van der Waals surface area (Å²) in [7, 11) is -3.10. The topological polar surface area (TPSA) is 49.4 Å². The largest absolute Gasteiger partial charge is 0.369 e. The smallest absolute Gasteiger partial charge is 0.178 e. The average Bonchev–Trinajstić information content (AvgIpc) is 2.39. The van der Waals surface area contributed by atoms with Gasteiger partial charge in [-0.3, -0.25) is 0 Å². The first-order valence-corrected chi connectivity index (χ1v) is 8.49. The standard InChI is InChI=1S/C14H22N2O2S/c1-3-10-19(17,18)14-6-4-13(5-7-14)16-9-8-15-12(2)11-16/h4-7,12,15H,3,8-11H2,1-2H3/t12-/m1/s1. The van der Waals surface area contributed by atoms with E-state index in [-0.39, 0.29) is 5.75 Å². The molecule has 19 heavy (non-hydrogen) atoms. The van der Waals surface area contributed by atoms with E-state index in [0.29, 0.717) is 17.4 Å². The monoisotopic (exact) mass is 282 g/mol. The normalized spacial score (nSPS) is 20.5. The van der Waals surface area contributed by atoms with E-state index in [9.17, 15) is 8.42 Å². The van der Waals surface area contributed by atoms with Gasteiger partial charge in [0.05, 0.1) is 10.6 Å². The molecule has 2 rings (SSSR count). The fourth-order valence-corrected chi connectivity index (χ4v) is 3.74. The minimum atomic E-state index is -3.10. The van der Waals surface area contributed by atoms with E-state index in [1.807, 2.05) is 19.1 Å². The first kappa shape index (κ1) is 14.3. The Labute approximate surface area is 115 Å². The van der Waals surface area contributed by atoms with Gasteiger partial charge in [0.2, 0.25) is 0 Å². The van der Waals surface area contributed by atoms with Crippen LogP contribution in [0.5, 0.6) is 0 Å². The summed E-state index contributed by atoms with van der Waals surface area (Å²) in [6.45, 7) is 6.93. The van der Waals surface area contributed by atoms with Crippen molar-refractivity contribution in [3.63, 3.8) is 0 Å². The third kappa shape index (κ3) is 3.48. The molecule has 1 aliphatic heterocycles. The number of hydrogen-bond acceptors (Lipinski definition) is 4. The van der Waals surface area contributed by atoms with Crippen molar-refractivity contribution in [1.29, 1.82) is 0 Å². The van der Waals surface area contributed by atoms with Gasteiger partial charge >= 0.3 is 0 Å². The molecule has 4 nitrogen and oxygen atoms in total. The van der Waals surface area contributed by atoms with Crippen LogP contribution in [-0.2, 0) is 9.84 Å². The maximum absolute atomic E-state index is 11.9. The molecular weight excluding hydrogens is 260 g/mol. The summed E-state index contributed by atoms with van der Waals surface area (Å²) >= 11 is 0. The lowest BCUT2D eigenvalue weighted by atomic mass is 10.2. The summed E-state index contributed by atoms with van der Waals surface area (Å²) < 4.78 is 23.9. The second kappa shape index (κ2) is 5.92. The van der Waals surface area contributed by atoms with Crippen LogP contribution in [0.3, 0.4) is 0 Å². The highest BCUT2D eigenvalue weighted by molar-refractivity contribution is 7.91. The Morgan fingerprint density at radius 2 is 2.00 bits per heavy atom. The van der Waals surface area contributed by atoms with E-state index in [1.54, 1.807) is 12.1 Å². The number of anilines is 1. The molecule has 0 aromatic heterocycles. The molecule has 1 aliphatic rings. The van der Waals surface area contributed by atoms with Crippen molar-refractivity contribution in [2.75, 3.05) is 30.3 Å². The molecule has 1 atom stereocenters. The predicted molar refractivity (Wildman–Crippen MR) is 78.5 cm³/mol. The highest BCUT2D eigenvalue weighted by atomic mass is 32.2. The van der Waals surface area contributed by atoms with Crippen molar-refractivity contribution in [2.24, 2.45) is 0 Å². The SMILES string of the molecule is CCCS(=O)(=O)c1ccc(N2CCN[C@H](C)C2)cc1. The molecule has 0 radical (unpaired) electrons. The Hall–Kier alpha value is -1.07. The highest BCUT2D eigenvalue weighted by Crippen LogP contribution is 2.20. The van der Waals surface area contributed by atoms with Gasteiger partial charge in [0, 0.05) is 31.4 Å². The Balaban J connectivity index is 2.14. The van der Waals surface area contributed by atoms with Crippen LogP contribution in [0.1, 0.15) is 20.3 Å².